The lowest BCUT2D eigenvalue weighted by Gasteiger charge is -2.10. The van der Waals surface area contributed by atoms with Gasteiger partial charge in [-0.2, -0.15) is 13.2 Å². The van der Waals surface area contributed by atoms with Crippen LogP contribution in [0.15, 0.2) is 60.8 Å². The van der Waals surface area contributed by atoms with Crippen LogP contribution in [-0.4, -0.2) is 15.8 Å². The van der Waals surface area contributed by atoms with E-state index in [0.29, 0.717) is 17.8 Å². The van der Waals surface area contributed by atoms with Crippen molar-refractivity contribution < 1.29 is 27.3 Å². The van der Waals surface area contributed by atoms with Crippen molar-refractivity contribution >= 4 is 17.3 Å². The van der Waals surface area contributed by atoms with E-state index in [0.717, 1.165) is 6.07 Å². The first-order valence-corrected chi connectivity index (χ1v) is 8.05. The number of alkyl halides is 3. The number of anilines is 1. The molecule has 148 valence electrons. The van der Waals surface area contributed by atoms with Gasteiger partial charge in [-0.3, -0.25) is 19.9 Å². The number of nitro benzene ring substituents is 1. The van der Waals surface area contributed by atoms with Gasteiger partial charge < -0.3 is 5.32 Å². The lowest BCUT2D eigenvalue weighted by Crippen LogP contribution is -2.14. The number of rotatable bonds is 4. The first-order chi connectivity index (χ1) is 13.7. The highest BCUT2D eigenvalue weighted by Gasteiger charge is 2.38. The predicted molar refractivity (Wildman–Crippen MR) is 95.7 cm³/mol. The van der Waals surface area contributed by atoms with Crippen LogP contribution < -0.4 is 5.32 Å². The Morgan fingerprint density at radius 3 is 2.38 bits per heavy atom. The van der Waals surface area contributed by atoms with E-state index in [4.69, 9.17) is 0 Å². The number of amides is 1. The molecular formula is C19H11F4N3O3. The van der Waals surface area contributed by atoms with E-state index in [-0.39, 0.29) is 16.8 Å². The molecule has 0 bridgehead atoms. The van der Waals surface area contributed by atoms with Crippen molar-refractivity contribution in [2.45, 2.75) is 6.18 Å². The molecule has 0 radical (unpaired) electrons. The number of hydrogen-bond donors (Lipinski definition) is 1. The number of hydrogen-bond acceptors (Lipinski definition) is 4. The zero-order chi connectivity index (χ0) is 21.2. The molecule has 0 unspecified atom stereocenters. The van der Waals surface area contributed by atoms with Crippen molar-refractivity contribution in [3.05, 3.63) is 87.9 Å². The number of benzene rings is 2. The number of aromatic nitrogens is 1. The summed E-state index contributed by atoms with van der Waals surface area (Å²) in [4.78, 5) is 26.0. The van der Waals surface area contributed by atoms with E-state index >= 15 is 0 Å². The Morgan fingerprint density at radius 1 is 1.07 bits per heavy atom. The molecule has 29 heavy (non-hydrogen) atoms. The quantitative estimate of drug-likeness (QED) is 0.373. The van der Waals surface area contributed by atoms with Crippen LogP contribution in [0.4, 0.5) is 28.9 Å². The summed E-state index contributed by atoms with van der Waals surface area (Å²) in [6.45, 7) is 0. The van der Waals surface area contributed by atoms with Crippen LogP contribution in [-0.2, 0) is 6.18 Å². The fraction of sp³-hybridized carbons (Fsp3) is 0.0526. The highest BCUT2D eigenvalue weighted by molar-refractivity contribution is 6.04. The molecule has 0 fully saturated rings. The third kappa shape index (κ3) is 4.37. The SMILES string of the molecule is O=C(Nc1ccc(-c2ccccc2F)nc1)c1ccc(C(F)(F)F)c([N+](=O)[O-])c1. The van der Waals surface area contributed by atoms with Gasteiger partial charge in [-0.15, -0.1) is 0 Å². The molecule has 1 amide bonds. The molecule has 10 heteroatoms. The van der Waals surface area contributed by atoms with Crippen molar-refractivity contribution in [3.63, 3.8) is 0 Å². The number of nitro groups is 1. The number of nitrogens with one attached hydrogen (secondary N) is 1. The van der Waals surface area contributed by atoms with Crippen LogP contribution in [0.2, 0.25) is 0 Å². The Bertz CT molecular complexity index is 1080. The Labute approximate surface area is 161 Å². The monoisotopic (exact) mass is 405 g/mol. The normalized spacial score (nSPS) is 11.2. The third-order valence-corrected chi connectivity index (χ3v) is 3.93. The molecule has 1 heterocycles. The second-order valence-corrected chi connectivity index (χ2v) is 5.85. The van der Waals surface area contributed by atoms with Crippen molar-refractivity contribution in [2.24, 2.45) is 0 Å². The molecule has 1 N–H and O–H groups in total. The summed E-state index contributed by atoms with van der Waals surface area (Å²) in [5.74, 6) is -1.34. The fourth-order valence-corrected chi connectivity index (χ4v) is 2.56. The Morgan fingerprint density at radius 2 is 1.79 bits per heavy atom. The lowest BCUT2D eigenvalue weighted by molar-refractivity contribution is -0.388. The van der Waals surface area contributed by atoms with Gasteiger partial charge in [0.25, 0.3) is 11.6 Å². The van der Waals surface area contributed by atoms with E-state index in [2.05, 4.69) is 10.3 Å². The highest BCUT2D eigenvalue weighted by Crippen LogP contribution is 2.36. The molecule has 2 aromatic carbocycles. The Kier molecular flexibility index (Phi) is 5.26. The van der Waals surface area contributed by atoms with Gasteiger partial charge >= 0.3 is 6.18 Å². The van der Waals surface area contributed by atoms with Gasteiger partial charge in [0.15, 0.2) is 0 Å². The largest absolute Gasteiger partial charge is 0.422 e. The standard InChI is InChI=1S/C19H11F4N3O3/c20-15-4-2-1-3-13(15)16-8-6-12(10-24-16)25-18(27)11-5-7-14(19(21,22)23)17(9-11)26(28)29/h1-10H,(H,25,27). The van der Waals surface area contributed by atoms with Crippen molar-refractivity contribution in [1.29, 1.82) is 0 Å². The molecule has 3 aromatic rings. The van der Waals surface area contributed by atoms with E-state index in [1.807, 2.05) is 0 Å². The highest BCUT2D eigenvalue weighted by atomic mass is 19.4. The van der Waals surface area contributed by atoms with Gasteiger partial charge in [-0.25, -0.2) is 4.39 Å². The minimum atomic E-state index is -4.93. The number of carbonyl (C=O) groups is 1. The van der Waals surface area contributed by atoms with Crippen LogP contribution in [0.3, 0.4) is 0 Å². The maximum atomic E-state index is 13.8. The summed E-state index contributed by atoms with van der Waals surface area (Å²) in [6, 6.07) is 10.7. The second kappa shape index (κ2) is 7.66. The molecule has 0 saturated heterocycles. The molecule has 0 saturated carbocycles. The molecule has 1 aromatic heterocycles. The molecule has 0 aliphatic carbocycles. The summed E-state index contributed by atoms with van der Waals surface area (Å²) in [5, 5.41) is 13.3. The zero-order valence-electron chi connectivity index (χ0n) is 14.4. The average Bonchev–Trinajstić information content (AvgIpc) is 2.68. The smallest absolute Gasteiger partial charge is 0.321 e. The molecule has 0 spiro atoms. The summed E-state index contributed by atoms with van der Waals surface area (Å²) in [7, 11) is 0. The zero-order valence-corrected chi connectivity index (χ0v) is 14.4. The van der Waals surface area contributed by atoms with Crippen LogP contribution in [0.5, 0.6) is 0 Å². The average molecular weight is 405 g/mol. The van der Waals surface area contributed by atoms with Gasteiger partial charge in [0.2, 0.25) is 0 Å². The minimum absolute atomic E-state index is 0.178. The maximum Gasteiger partial charge on any atom is 0.422 e. The van der Waals surface area contributed by atoms with Crippen LogP contribution in [0, 0.1) is 15.9 Å². The summed E-state index contributed by atoms with van der Waals surface area (Å²) >= 11 is 0. The molecule has 0 aliphatic heterocycles. The second-order valence-electron chi connectivity index (χ2n) is 5.85. The summed E-state index contributed by atoms with van der Waals surface area (Å²) < 4.78 is 52.3. The summed E-state index contributed by atoms with van der Waals surface area (Å²) in [6.07, 6.45) is -3.69. The number of carbonyl (C=O) groups excluding carboxylic acids is 1. The first kappa shape index (κ1) is 19.9. The van der Waals surface area contributed by atoms with E-state index in [1.54, 1.807) is 6.07 Å². The van der Waals surface area contributed by atoms with Crippen molar-refractivity contribution in [1.82, 2.24) is 4.98 Å². The van der Waals surface area contributed by atoms with Crippen LogP contribution in [0.25, 0.3) is 11.3 Å². The molecule has 0 aliphatic rings. The lowest BCUT2D eigenvalue weighted by atomic mass is 10.1. The van der Waals surface area contributed by atoms with Crippen molar-refractivity contribution in [3.8, 4) is 11.3 Å². The molecule has 3 rings (SSSR count). The summed E-state index contributed by atoms with van der Waals surface area (Å²) in [5.41, 5.74) is -2.26. The molecular weight excluding hydrogens is 394 g/mol. The van der Waals surface area contributed by atoms with Crippen molar-refractivity contribution in [2.75, 3.05) is 5.32 Å². The topological polar surface area (TPSA) is 85.1 Å². The van der Waals surface area contributed by atoms with Gasteiger partial charge in [-0.1, -0.05) is 12.1 Å². The third-order valence-electron chi connectivity index (χ3n) is 3.93. The predicted octanol–water partition coefficient (Wildman–Crippen LogP) is 5.07. The van der Waals surface area contributed by atoms with Gasteiger partial charge in [0.1, 0.15) is 11.4 Å². The van der Waals surface area contributed by atoms with Crippen LogP contribution in [0.1, 0.15) is 15.9 Å². The van der Waals surface area contributed by atoms with Gasteiger partial charge in [0.05, 0.1) is 22.5 Å². The number of nitrogens with zero attached hydrogens (tertiary/aromatic N) is 2. The number of halogens is 4. The number of pyridine rings is 1. The molecule has 0 atom stereocenters. The minimum Gasteiger partial charge on any atom is -0.321 e. The van der Waals surface area contributed by atoms with E-state index in [9.17, 15) is 32.5 Å². The van der Waals surface area contributed by atoms with E-state index in [1.165, 1.54) is 36.5 Å². The van der Waals surface area contributed by atoms with Gasteiger partial charge in [0, 0.05) is 17.2 Å². The fourth-order valence-electron chi connectivity index (χ4n) is 2.56. The molecule has 6 nitrogen and oxygen atoms in total. The van der Waals surface area contributed by atoms with Crippen LogP contribution >= 0.6 is 0 Å². The van der Waals surface area contributed by atoms with Gasteiger partial charge in [-0.05, 0) is 36.4 Å². The first-order valence-electron chi connectivity index (χ1n) is 8.05. The Hall–Kier alpha value is -3.82. The van der Waals surface area contributed by atoms with E-state index < -0.39 is 34.1 Å². The Balaban J connectivity index is 1.83. The maximum absolute atomic E-state index is 13.8.